The van der Waals surface area contributed by atoms with Crippen LogP contribution in [0.4, 0.5) is 10.1 Å². The third-order valence-corrected chi connectivity index (χ3v) is 4.68. The molecule has 0 saturated carbocycles. The number of nitrogens with one attached hydrogen (secondary N) is 1. The molecule has 0 atom stereocenters. The summed E-state index contributed by atoms with van der Waals surface area (Å²) in [6, 6.07) is 7.84. The van der Waals surface area contributed by atoms with Crippen molar-refractivity contribution in [2.75, 3.05) is 32.6 Å². The number of hydrogen-bond acceptors (Lipinski definition) is 4. The maximum absolute atomic E-state index is 13.1. The molecule has 0 radical (unpaired) electrons. The molecule has 1 heterocycles. The highest BCUT2D eigenvalue weighted by atomic mass is 35.5. The van der Waals surface area contributed by atoms with Gasteiger partial charge in [-0.15, -0.1) is 0 Å². The standard InChI is InChI=1S/C19H20ClFN2O3/c1-25-17-7-12-5-6-23(10-13(12)8-18(17)26-2)11-19(24)22-16-4-3-14(21)9-15(16)20/h3-4,7-9H,5-6,10-11H2,1-2H3,(H,22,24). The van der Waals surface area contributed by atoms with Crippen molar-refractivity contribution in [3.05, 3.63) is 52.3 Å². The number of anilines is 1. The Hall–Kier alpha value is -2.31. The van der Waals surface area contributed by atoms with E-state index in [-0.39, 0.29) is 17.5 Å². The van der Waals surface area contributed by atoms with E-state index in [9.17, 15) is 9.18 Å². The minimum atomic E-state index is -0.440. The van der Waals surface area contributed by atoms with Crippen molar-refractivity contribution < 1.29 is 18.7 Å². The Labute approximate surface area is 156 Å². The molecule has 0 bridgehead atoms. The van der Waals surface area contributed by atoms with Gasteiger partial charge >= 0.3 is 0 Å². The fourth-order valence-electron chi connectivity index (χ4n) is 3.06. The molecule has 1 amide bonds. The van der Waals surface area contributed by atoms with Gasteiger partial charge in [-0.05, 0) is 47.9 Å². The van der Waals surface area contributed by atoms with E-state index >= 15 is 0 Å². The molecule has 3 rings (SSSR count). The normalized spacial score (nSPS) is 13.8. The van der Waals surface area contributed by atoms with Gasteiger partial charge in [0, 0.05) is 13.1 Å². The van der Waals surface area contributed by atoms with Crippen molar-refractivity contribution in [3.63, 3.8) is 0 Å². The lowest BCUT2D eigenvalue weighted by Gasteiger charge is -2.29. The molecule has 138 valence electrons. The molecule has 0 saturated heterocycles. The summed E-state index contributed by atoms with van der Waals surface area (Å²) in [6.45, 7) is 1.62. The molecule has 5 nitrogen and oxygen atoms in total. The zero-order valence-electron chi connectivity index (χ0n) is 14.6. The van der Waals surface area contributed by atoms with Crippen LogP contribution in [0.3, 0.4) is 0 Å². The van der Waals surface area contributed by atoms with E-state index in [4.69, 9.17) is 21.1 Å². The van der Waals surface area contributed by atoms with Crippen molar-refractivity contribution in [1.82, 2.24) is 4.90 Å². The van der Waals surface area contributed by atoms with Crippen LogP contribution in [0.15, 0.2) is 30.3 Å². The summed E-state index contributed by atoms with van der Waals surface area (Å²) in [5.41, 5.74) is 2.71. The molecule has 0 aromatic heterocycles. The molecule has 7 heteroatoms. The molecule has 0 unspecified atom stereocenters. The lowest BCUT2D eigenvalue weighted by atomic mass is 9.99. The van der Waals surface area contributed by atoms with E-state index < -0.39 is 5.82 Å². The Bertz CT molecular complexity index is 829. The first kappa shape index (κ1) is 18.5. The Morgan fingerprint density at radius 2 is 1.88 bits per heavy atom. The van der Waals surface area contributed by atoms with Crippen molar-refractivity contribution in [2.24, 2.45) is 0 Å². The largest absolute Gasteiger partial charge is 0.493 e. The summed E-state index contributed by atoms with van der Waals surface area (Å²) in [7, 11) is 3.22. The number of rotatable bonds is 5. The average molecular weight is 379 g/mol. The summed E-state index contributed by atoms with van der Waals surface area (Å²) in [4.78, 5) is 14.3. The summed E-state index contributed by atoms with van der Waals surface area (Å²) >= 11 is 5.95. The number of halogens is 2. The average Bonchev–Trinajstić information content (AvgIpc) is 2.62. The number of carbonyl (C=O) groups excluding carboxylic acids is 1. The molecule has 2 aromatic carbocycles. The van der Waals surface area contributed by atoms with E-state index in [1.54, 1.807) is 14.2 Å². The molecule has 1 N–H and O–H groups in total. The highest BCUT2D eigenvalue weighted by molar-refractivity contribution is 6.33. The summed E-state index contributed by atoms with van der Waals surface area (Å²) < 4.78 is 23.8. The van der Waals surface area contributed by atoms with E-state index in [2.05, 4.69) is 5.32 Å². The first-order chi connectivity index (χ1) is 12.5. The Morgan fingerprint density at radius 3 is 2.54 bits per heavy atom. The summed E-state index contributed by atoms with van der Waals surface area (Å²) in [5.74, 6) is 0.756. The van der Waals surface area contributed by atoms with Crippen molar-refractivity contribution >= 4 is 23.2 Å². The van der Waals surface area contributed by atoms with Crippen LogP contribution >= 0.6 is 11.6 Å². The van der Waals surface area contributed by atoms with Crippen LogP contribution in [0, 0.1) is 5.82 Å². The molecule has 26 heavy (non-hydrogen) atoms. The van der Waals surface area contributed by atoms with Gasteiger partial charge < -0.3 is 14.8 Å². The number of methoxy groups -OCH3 is 2. The van der Waals surface area contributed by atoms with Gasteiger partial charge in [0.2, 0.25) is 5.91 Å². The van der Waals surface area contributed by atoms with Crippen molar-refractivity contribution in [3.8, 4) is 11.5 Å². The van der Waals surface area contributed by atoms with Crippen LogP contribution in [0.5, 0.6) is 11.5 Å². The topological polar surface area (TPSA) is 50.8 Å². The maximum atomic E-state index is 13.1. The minimum absolute atomic E-state index is 0.180. The lowest BCUT2D eigenvalue weighted by Crippen LogP contribution is -2.37. The summed E-state index contributed by atoms with van der Waals surface area (Å²) in [5, 5.41) is 2.91. The molecule has 0 aliphatic carbocycles. The van der Waals surface area contributed by atoms with E-state index in [1.165, 1.54) is 23.8 Å². The van der Waals surface area contributed by atoms with Crippen LogP contribution in [0.2, 0.25) is 5.02 Å². The van der Waals surface area contributed by atoms with Crippen LogP contribution in [-0.2, 0) is 17.8 Å². The van der Waals surface area contributed by atoms with Gasteiger partial charge in [0.05, 0.1) is 31.5 Å². The molecule has 0 fully saturated rings. The fraction of sp³-hybridized carbons (Fsp3) is 0.316. The van der Waals surface area contributed by atoms with Gasteiger partial charge in [-0.1, -0.05) is 11.6 Å². The van der Waals surface area contributed by atoms with Crippen LogP contribution < -0.4 is 14.8 Å². The highest BCUT2D eigenvalue weighted by Crippen LogP contribution is 2.33. The van der Waals surface area contributed by atoms with Gasteiger partial charge in [-0.2, -0.15) is 0 Å². The predicted octanol–water partition coefficient (Wildman–Crippen LogP) is 3.49. The maximum Gasteiger partial charge on any atom is 0.238 e. The van der Waals surface area contributed by atoms with Crippen molar-refractivity contribution in [2.45, 2.75) is 13.0 Å². The Morgan fingerprint density at radius 1 is 1.19 bits per heavy atom. The molecular formula is C19H20ClFN2O3. The summed E-state index contributed by atoms with van der Waals surface area (Å²) in [6.07, 6.45) is 0.820. The molecular weight excluding hydrogens is 359 g/mol. The van der Waals surface area contributed by atoms with Gasteiger partial charge in [0.25, 0.3) is 0 Å². The first-order valence-electron chi connectivity index (χ1n) is 8.21. The van der Waals surface area contributed by atoms with Gasteiger partial charge in [0.15, 0.2) is 11.5 Å². The minimum Gasteiger partial charge on any atom is -0.493 e. The monoisotopic (exact) mass is 378 g/mol. The molecule has 0 spiro atoms. The quantitative estimate of drug-likeness (QED) is 0.865. The second kappa shape index (κ2) is 7.93. The second-order valence-electron chi connectivity index (χ2n) is 6.11. The fourth-order valence-corrected chi connectivity index (χ4v) is 3.27. The zero-order valence-corrected chi connectivity index (χ0v) is 15.4. The van der Waals surface area contributed by atoms with Crippen LogP contribution in [0.25, 0.3) is 0 Å². The Balaban J connectivity index is 1.66. The third kappa shape index (κ3) is 4.08. The Kier molecular flexibility index (Phi) is 5.64. The number of amides is 1. The van der Waals surface area contributed by atoms with E-state index in [0.717, 1.165) is 18.5 Å². The number of fused-ring (bicyclic) bond motifs is 1. The second-order valence-corrected chi connectivity index (χ2v) is 6.52. The number of benzene rings is 2. The van der Waals surface area contributed by atoms with Gasteiger partial charge in [-0.3, -0.25) is 9.69 Å². The number of hydrogen-bond donors (Lipinski definition) is 1. The zero-order chi connectivity index (χ0) is 18.7. The SMILES string of the molecule is COc1cc2c(cc1OC)CN(CC(=O)Nc1ccc(F)cc1Cl)CC2. The van der Waals surface area contributed by atoms with E-state index in [1.807, 2.05) is 17.0 Å². The predicted molar refractivity (Wildman–Crippen MR) is 98.6 cm³/mol. The third-order valence-electron chi connectivity index (χ3n) is 4.37. The van der Waals surface area contributed by atoms with Gasteiger partial charge in [-0.25, -0.2) is 4.39 Å². The lowest BCUT2D eigenvalue weighted by molar-refractivity contribution is -0.117. The number of carbonyl (C=O) groups is 1. The number of nitrogens with zero attached hydrogens (tertiary/aromatic N) is 1. The van der Waals surface area contributed by atoms with Gasteiger partial charge in [0.1, 0.15) is 5.82 Å². The number of ether oxygens (including phenoxy) is 2. The van der Waals surface area contributed by atoms with Crippen LogP contribution in [0.1, 0.15) is 11.1 Å². The molecule has 2 aromatic rings. The van der Waals surface area contributed by atoms with Crippen molar-refractivity contribution in [1.29, 1.82) is 0 Å². The molecule has 1 aliphatic rings. The molecule has 1 aliphatic heterocycles. The van der Waals surface area contributed by atoms with E-state index in [0.29, 0.717) is 23.7 Å². The van der Waals surface area contributed by atoms with Crippen LogP contribution in [-0.4, -0.2) is 38.1 Å². The first-order valence-corrected chi connectivity index (χ1v) is 8.59. The smallest absolute Gasteiger partial charge is 0.238 e. The highest BCUT2D eigenvalue weighted by Gasteiger charge is 2.21.